The number of aromatic nitrogens is 5. The van der Waals surface area contributed by atoms with Crippen LogP contribution >= 0.6 is 0 Å². The fourth-order valence-electron chi connectivity index (χ4n) is 5.34. The van der Waals surface area contributed by atoms with Gasteiger partial charge < -0.3 is 20.5 Å². The van der Waals surface area contributed by atoms with Crippen LogP contribution in [-0.4, -0.2) is 49.7 Å². The van der Waals surface area contributed by atoms with E-state index in [0.29, 0.717) is 48.8 Å². The molecule has 0 atom stereocenters. The number of fused-ring (bicyclic) bond motifs is 2. The maximum Gasteiger partial charge on any atom is 0.284 e. The molecule has 0 spiro atoms. The minimum atomic E-state index is -0.639. The lowest BCUT2D eigenvalue weighted by Gasteiger charge is -2.25. The minimum absolute atomic E-state index is 0.0382. The quantitative estimate of drug-likeness (QED) is 0.350. The van der Waals surface area contributed by atoms with Crippen LogP contribution < -0.4 is 16.6 Å². The van der Waals surface area contributed by atoms with Gasteiger partial charge in [-0.05, 0) is 36.4 Å². The van der Waals surface area contributed by atoms with Gasteiger partial charge in [-0.1, -0.05) is 18.2 Å². The lowest BCUT2D eigenvalue weighted by atomic mass is 10.0. The van der Waals surface area contributed by atoms with Crippen LogP contribution in [0.4, 0.5) is 15.9 Å². The molecule has 1 fully saturated rings. The van der Waals surface area contributed by atoms with E-state index in [9.17, 15) is 9.59 Å². The number of hydrogen-bond donors (Lipinski definition) is 2. The van der Waals surface area contributed by atoms with E-state index in [-0.39, 0.29) is 35.2 Å². The summed E-state index contributed by atoms with van der Waals surface area (Å²) < 4.78 is 31.4. The first-order chi connectivity index (χ1) is 19.5. The Morgan fingerprint density at radius 2 is 1.90 bits per heavy atom. The smallest absolute Gasteiger partial charge is 0.284 e. The molecule has 2 aliphatic heterocycles. The third-order valence-electron chi connectivity index (χ3n) is 7.35. The summed E-state index contributed by atoms with van der Waals surface area (Å²) in [5.41, 5.74) is 9.16. The number of nitrogens with one attached hydrogen (secondary N) is 1. The summed E-state index contributed by atoms with van der Waals surface area (Å²) in [7, 11) is 0. The van der Waals surface area contributed by atoms with Crippen LogP contribution in [0.5, 0.6) is 0 Å². The Balaban J connectivity index is 1.24. The topological polar surface area (TPSA) is 131 Å². The predicted octanol–water partition coefficient (Wildman–Crippen LogP) is 2.97. The van der Waals surface area contributed by atoms with Crippen molar-refractivity contribution in [1.82, 2.24) is 24.0 Å². The number of carbonyl (C=O) groups excluding carboxylic acids is 1. The van der Waals surface area contributed by atoms with Gasteiger partial charge in [-0.15, -0.1) is 0 Å². The second-order valence-electron chi connectivity index (χ2n) is 9.72. The zero-order valence-electron chi connectivity index (χ0n) is 21.2. The largest absolute Gasteiger partial charge is 0.382 e. The third-order valence-corrected chi connectivity index (χ3v) is 7.35. The first kappa shape index (κ1) is 24.2. The van der Waals surface area contributed by atoms with E-state index >= 15 is 4.39 Å². The van der Waals surface area contributed by atoms with Crippen molar-refractivity contribution in [2.45, 2.75) is 19.1 Å². The number of hydrogen-bond acceptors (Lipinski definition) is 7. The average molecular weight is 542 g/mol. The van der Waals surface area contributed by atoms with E-state index in [4.69, 9.17) is 15.2 Å². The van der Waals surface area contributed by atoms with Crippen LogP contribution in [0.3, 0.4) is 0 Å². The van der Waals surface area contributed by atoms with Crippen LogP contribution in [-0.2, 0) is 22.6 Å². The van der Waals surface area contributed by atoms with E-state index in [1.807, 2.05) is 24.3 Å². The van der Waals surface area contributed by atoms with E-state index in [1.165, 1.54) is 17.1 Å². The number of nitrogens with zero attached hydrogens (tertiary/aromatic N) is 5. The summed E-state index contributed by atoms with van der Waals surface area (Å²) in [4.78, 5) is 30.9. The fraction of sp³-hybridized carbons (Fsp3) is 0.214. The molecule has 40 heavy (non-hydrogen) atoms. The number of halogens is 1. The molecule has 0 radical (unpaired) electrons. The van der Waals surface area contributed by atoms with Gasteiger partial charge in [-0.25, -0.2) is 18.6 Å². The summed E-state index contributed by atoms with van der Waals surface area (Å²) in [5.74, 6) is -0.868. The highest BCUT2D eigenvalue weighted by Crippen LogP contribution is 2.37. The molecular formula is C28H24FN7O4. The van der Waals surface area contributed by atoms with Crippen LogP contribution in [0, 0.1) is 5.82 Å². The van der Waals surface area contributed by atoms with Gasteiger partial charge in [0.2, 0.25) is 0 Å². The van der Waals surface area contributed by atoms with Crippen molar-refractivity contribution >= 4 is 22.9 Å². The van der Waals surface area contributed by atoms with Crippen molar-refractivity contribution in [1.29, 1.82) is 0 Å². The maximum absolute atomic E-state index is 15.6. The number of carbonyl (C=O) groups is 1. The van der Waals surface area contributed by atoms with E-state index in [0.717, 1.165) is 5.69 Å². The van der Waals surface area contributed by atoms with Gasteiger partial charge >= 0.3 is 0 Å². The second-order valence-corrected chi connectivity index (χ2v) is 9.72. The fourth-order valence-corrected chi connectivity index (χ4v) is 5.34. The molecule has 11 nitrogen and oxygen atoms in total. The van der Waals surface area contributed by atoms with Gasteiger partial charge in [0.05, 0.1) is 50.0 Å². The number of benzene rings is 2. The van der Waals surface area contributed by atoms with Gasteiger partial charge in [0.25, 0.3) is 11.5 Å². The zero-order valence-corrected chi connectivity index (χ0v) is 21.2. The molecule has 0 saturated carbocycles. The molecule has 0 bridgehead atoms. The molecular weight excluding hydrogens is 517 g/mol. The lowest BCUT2D eigenvalue weighted by Crippen LogP contribution is -2.26. The van der Waals surface area contributed by atoms with Crippen molar-refractivity contribution in [2.24, 2.45) is 0 Å². The van der Waals surface area contributed by atoms with Crippen molar-refractivity contribution in [3.05, 3.63) is 94.0 Å². The summed E-state index contributed by atoms with van der Waals surface area (Å²) in [5, 5.41) is 7.02. The molecule has 1 saturated heterocycles. The van der Waals surface area contributed by atoms with Crippen LogP contribution in [0.1, 0.15) is 27.7 Å². The minimum Gasteiger partial charge on any atom is -0.382 e. The summed E-state index contributed by atoms with van der Waals surface area (Å²) in [6.07, 6.45) is 1.36. The van der Waals surface area contributed by atoms with Crippen molar-refractivity contribution in [3.8, 4) is 16.8 Å². The standard InChI is InChI=1S/C28H24FN7O4/c29-21-10-17(6-7-19(21)20-11-22(16-12-40-13-16)35-25(20)26(30)31-15-32-35)33-27(37)24-23-14-39-9-8-34(23)36(28(24)38)18-4-2-1-3-5-18/h1-7,10-11,15-16H,8-9,12-14H2,(H,33,37)(H2,30,31,32). The molecule has 5 heterocycles. The number of nitrogen functional groups attached to an aromatic ring is 1. The Bertz CT molecular complexity index is 1840. The maximum atomic E-state index is 15.6. The molecule has 7 rings (SSSR count). The molecule has 1 amide bonds. The van der Waals surface area contributed by atoms with E-state index < -0.39 is 17.3 Å². The highest BCUT2D eigenvalue weighted by Gasteiger charge is 2.30. The SMILES string of the molecule is Nc1ncnn2c(C3COC3)cc(-c3ccc(NC(=O)c4c5n(n(-c6ccccc6)c4=O)CCOC5)cc3F)c12. The van der Waals surface area contributed by atoms with E-state index in [2.05, 4.69) is 15.4 Å². The molecule has 5 aromatic rings. The van der Waals surface area contributed by atoms with Crippen LogP contribution in [0.25, 0.3) is 22.3 Å². The number of nitrogens with two attached hydrogens (primary N) is 1. The Labute approximate surface area is 226 Å². The zero-order chi connectivity index (χ0) is 27.4. The average Bonchev–Trinajstić information content (AvgIpc) is 3.44. The summed E-state index contributed by atoms with van der Waals surface area (Å²) in [6.45, 7) is 2.04. The number of para-hydroxylation sites is 1. The van der Waals surface area contributed by atoms with Gasteiger partial charge in [0.15, 0.2) is 5.82 Å². The van der Waals surface area contributed by atoms with Gasteiger partial charge in [0, 0.05) is 22.7 Å². The second kappa shape index (κ2) is 9.43. The number of rotatable bonds is 5. The number of ether oxygens (including phenoxy) is 2. The number of amides is 1. The molecule has 12 heteroatoms. The first-order valence-corrected chi connectivity index (χ1v) is 12.8. The van der Waals surface area contributed by atoms with E-state index in [1.54, 1.807) is 33.5 Å². The Hall–Kier alpha value is -4.81. The molecule has 0 aliphatic carbocycles. The Morgan fingerprint density at radius 1 is 1.07 bits per heavy atom. The van der Waals surface area contributed by atoms with Crippen LogP contribution in [0.15, 0.2) is 65.7 Å². The molecule has 202 valence electrons. The highest BCUT2D eigenvalue weighted by atomic mass is 19.1. The Morgan fingerprint density at radius 3 is 2.65 bits per heavy atom. The Kier molecular flexibility index (Phi) is 5.72. The molecule has 3 aromatic heterocycles. The molecule has 0 unspecified atom stereocenters. The molecule has 2 aliphatic rings. The highest BCUT2D eigenvalue weighted by molar-refractivity contribution is 6.05. The monoisotopic (exact) mass is 541 g/mol. The first-order valence-electron chi connectivity index (χ1n) is 12.8. The predicted molar refractivity (Wildman–Crippen MR) is 144 cm³/mol. The third kappa shape index (κ3) is 3.80. The van der Waals surface area contributed by atoms with Gasteiger partial charge in [0.1, 0.15) is 23.2 Å². The lowest BCUT2D eigenvalue weighted by molar-refractivity contribution is 0.00605. The molecule has 3 N–H and O–H groups in total. The van der Waals surface area contributed by atoms with Crippen molar-refractivity contribution < 1.29 is 18.7 Å². The van der Waals surface area contributed by atoms with Gasteiger partial charge in [-0.2, -0.15) is 5.10 Å². The van der Waals surface area contributed by atoms with Gasteiger partial charge in [-0.3, -0.25) is 14.3 Å². The van der Waals surface area contributed by atoms with Crippen molar-refractivity contribution in [3.63, 3.8) is 0 Å². The van der Waals surface area contributed by atoms with Crippen LogP contribution in [0.2, 0.25) is 0 Å². The number of anilines is 2. The van der Waals surface area contributed by atoms with Crippen molar-refractivity contribution in [2.75, 3.05) is 30.9 Å². The normalized spacial score (nSPS) is 15.1. The molecule has 2 aromatic carbocycles. The summed E-state index contributed by atoms with van der Waals surface area (Å²) in [6, 6.07) is 15.3. The summed E-state index contributed by atoms with van der Waals surface area (Å²) >= 11 is 0.